The molecule has 2 N–H and O–H groups in total. The number of aliphatic hydroxyl groups is 1. The summed E-state index contributed by atoms with van der Waals surface area (Å²) >= 11 is 0. The molecule has 1 aliphatic heterocycles. The number of hydrogen-bond donors (Lipinski definition) is 2. The van der Waals surface area contributed by atoms with E-state index >= 15 is 0 Å². The second kappa shape index (κ2) is 7.03. The fourth-order valence-corrected chi connectivity index (χ4v) is 3.65. The smallest absolute Gasteiger partial charge is 0.273 e. The number of piperidine rings is 1. The number of nitrogens with zero attached hydrogens (tertiary/aromatic N) is 2. The summed E-state index contributed by atoms with van der Waals surface area (Å²) < 4.78 is 0. The number of benzene rings is 1. The van der Waals surface area contributed by atoms with E-state index in [1.54, 1.807) is 11.1 Å². The van der Waals surface area contributed by atoms with Gasteiger partial charge in [-0.05, 0) is 30.7 Å². The molecule has 26 heavy (non-hydrogen) atoms. The van der Waals surface area contributed by atoms with Crippen molar-refractivity contribution in [3.8, 4) is 0 Å². The van der Waals surface area contributed by atoms with Crippen LogP contribution in [0.4, 0.5) is 0 Å². The van der Waals surface area contributed by atoms with Gasteiger partial charge >= 0.3 is 0 Å². The molecule has 1 aliphatic carbocycles. The highest BCUT2D eigenvalue weighted by molar-refractivity contribution is 6.05. The Morgan fingerprint density at radius 2 is 2.00 bits per heavy atom. The Morgan fingerprint density at radius 1 is 1.19 bits per heavy atom. The molecule has 2 aliphatic rings. The van der Waals surface area contributed by atoms with Crippen LogP contribution in [0.15, 0.2) is 36.5 Å². The molecule has 0 bridgehead atoms. The Labute approximate surface area is 152 Å². The fourth-order valence-electron chi connectivity index (χ4n) is 3.65. The van der Waals surface area contributed by atoms with Crippen molar-refractivity contribution in [3.63, 3.8) is 0 Å². The molecule has 6 heteroatoms. The minimum Gasteiger partial charge on any atom is -0.396 e. The van der Waals surface area contributed by atoms with Crippen LogP contribution in [0.1, 0.15) is 29.8 Å². The SMILES string of the molecule is O=C(N[C@@H]1CN(C(=O)c2nccc3ccccc23)CC[C@@H]1CO)C1CC1. The first kappa shape index (κ1) is 17.0. The first-order valence-corrected chi connectivity index (χ1v) is 9.21. The van der Waals surface area contributed by atoms with E-state index in [9.17, 15) is 14.7 Å². The molecular formula is C20H23N3O3. The highest BCUT2D eigenvalue weighted by Gasteiger charge is 2.36. The Morgan fingerprint density at radius 3 is 2.77 bits per heavy atom. The van der Waals surface area contributed by atoms with Gasteiger partial charge in [0, 0.05) is 43.1 Å². The van der Waals surface area contributed by atoms with Crippen LogP contribution in [-0.4, -0.2) is 52.5 Å². The fraction of sp³-hybridized carbons (Fsp3) is 0.450. The number of carbonyl (C=O) groups excluding carboxylic acids is 2. The molecule has 2 amide bonds. The summed E-state index contributed by atoms with van der Waals surface area (Å²) in [6.45, 7) is 0.988. The van der Waals surface area contributed by atoms with Crippen molar-refractivity contribution in [3.05, 3.63) is 42.2 Å². The zero-order valence-corrected chi connectivity index (χ0v) is 14.6. The number of carbonyl (C=O) groups is 2. The van der Waals surface area contributed by atoms with Gasteiger partial charge in [0.2, 0.25) is 5.91 Å². The molecule has 1 saturated heterocycles. The number of hydrogen-bond acceptors (Lipinski definition) is 4. The minimum absolute atomic E-state index is 0.0118. The summed E-state index contributed by atoms with van der Waals surface area (Å²) in [6, 6.07) is 9.39. The molecule has 1 saturated carbocycles. The summed E-state index contributed by atoms with van der Waals surface area (Å²) in [5.41, 5.74) is 0.442. The lowest BCUT2D eigenvalue weighted by Crippen LogP contribution is -2.55. The normalized spacial score (nSPS) is 23.0. The average Bonchev–Trinajstić information content (AvgIpc) is 3.52. The van der Waals surface area contributed by atoms with E-state index in [4.69, 9.17) is 0 Å². The molecule has 0 unspecified atom stereocenters. The lowest BCUT2D eigenvalue weighted by molar-refractivity contribution is -0.123. The van der Waals surface area contributed by atoms with Gasteiger partial charge in [-0.25, -0.2) is 0 Å². The van der Waals surface area contributed by atoms with Crippen molar-refractivity contribution < 1.29 is 14.7 Å². The van der Waals surface area contributed by atoms with Crippen LogP contribution in [0, 0.1) is 11.8 Å². The molecule has 2 heterocycles. The summed E-state index contributed by atoms with van der Waals surface area (Å²) in [6.07, 6.45) is 4.20. The molecule has 136 valence electrons. The molecular weight excluding hydrogens is 330 g/mol. The van der Waals surface area contributed by atoms with Crippen LogP contribution < -0.4 is 5.32 Å². The first-order valence-electron chi connectivity index (χ1n) is 9.21. The van der Waals surface area contributed by atoms with Crippen molar-refractivity contribution >= 4 is 22.6 Å². The third-order valence-electron chi connectivity index (χ3n) is 5.43. The highest BCUT2D eigenvalue weighted by atomic mass is 16.3. The first-order chi connectivity index (χ1) is 12.7. The van der Waals surface area contributed by atoms with Gasteiger partial charge < -0.3 is 15.3 Å². The van der Waals surface area contributed by atoms with Gasteiger partial charge in [-0.3, -0.25) is 14.6 Å². The second-order valence-corrected chi connectivity index (χ2v) is 7.25. The number of pyridine rings is 1. The van der Waals surface area contributed by atoms with Crippen LogP contribution in [0.3, 0.4) is 0 Å². The van der Waals surface area contributed by atoms with Crippen LogP contribution in [0.5, 0.6) is 0 Å². The maximum atomic E-state index is 13.1. The number of aliphatic hydroxyl groups excluding tert-OH is 1. The zero-order valence-electron chi connectivity index (χ0n) is 14.6. The van der Waals surface area contributed by atoms with Crippen LogP contribution in [0.2, 0.25) is 0 Å². The molecule has 2 fully saturated rings. The largest absolute Gasteiger partial charge is 0.396 e. The van der Waals surface area contributed by atoms with Gasteiger partial charge in [0.05, 0.1) is 6.04 Å². The van der Waals surface area contributed by atoms with E-state index in [0.717, 1.165) is 23.6 Å². The monoisotopic (exact) mass is 353 g/mol. The average molecular weight is 353 g/mol. The summed E-state index contributed by atoms with van der Waals surface area (Å²) in [5.74, 6) is 0.0253. The van der Waals surface area contributed by atoms with Gasteiger partial charge in [-0.2, -0.15) is 0 Å². The quantitative estimate of drug-likeness (QED) is 0.874. The number of fused-ring (bicyclic) bond motifs is 1. The molecule has 0 spiro atoms. The lowest BCUT2D eigenvalue weighted by atomic mass is 9.91. The van der Waals surface area contributed by atoms with E-state index < -0.39 is 0 Å². The maximum absolute atomic E-state index is 13.1. The van der Waals surface area contributed by atoms with Gasteiger partial charge in [0.25, 0.3) is 5.91 Å². The van der Waals surface area contributed by atoms with E-state index in [1.807, 2.05) is 30.3 Å². The number of rotatable bonds is 4. The Bertz CT molecular complexity index is 829. The molecule has 2 aromatic rings. The standard InChI is InChI=1S/C20H23N3O3/c24-12-15-8-10-23(11-17(15)22-19(25)14-5-6-14)20(26)18-16-4-2-1-3-13(16)7-9-21-18/h1-4,7,9,14-15,17,24H,5-6,8,10-12H2,(H,22,25)/t15-,17-/m1/s1. The molecule has 1 aromatic carbocycles. The van der Waals surface area contributed by atoms with Crippen molar-refractivity contribution in [2.24, 2.45) is 11.8 Å². The van der Waals surface area contributed by atoms with Gasteiger partial charge in [0.15, 0.2) is 0 Å². The zero-order chi connectivity index (χ0) is 18.1. The Balaban J connectivity index is 1.54. The van der Waals surface area contributed by atoms with Crippen LogP contribution in [-0.2, 0) is 4.79 Å². The van der Waals surface area contributed by atoms with Crippen molar-refractivity contribution in [1.82, 2.24) is 15.2 Å². The van der Waals surface area contributed by atoms with Crippen molar-refractivity contribution in [2.75, 3.05) is 19.7 Å². The number of aromatic nitrogens is 1. The van der Waals surface area contributed by atoms with Crippen LogP contribution in [0.25, 0.3) is 10.8 Å². The number of likely N-dealkylation sites (tertiary alicyclic amines) is 1. The number of nitrogens with one attached hydrogen (secondary N) is 1. The third-order valence-corrected chi connectivity index (χ3v) is 5.43. The highest BCUT2D eigenvalue weighted by Crippen LogP contribution is 2.30. The molecule has 1 aromatic heterocycles. The minimum atomic E-state index is -0.208. The Hall–Kier alpha value is -2.47. The second-order valence-electron chi connectivity index (χ2n) is 7.25. The molecule has 2 atom stereocenters. The summed E-state index contributed by atoms with van der Waals surface area (Å²) in [4.78, 5) is 31.3. The van der Waals surface area contributed by atoms with E-state index in [1.165, 1.54) is 0 Å². The molecule has 4 rings (SSSR count). The predicted octanol–water partition coefficient (Wildman–Crippen LogP) is 1.58. The van der Waals surface area contributed by atoms with Gasteiger partial charge in [-0.1, -0.05) is 24.3 Å². The van der Waals surface area contributed by atoms with Crippen molar-refractivity contribution in [2.45, 2.75) is 25.3 Å². The Kier molecular flexibility index (Phi) is 4.59. The predicted molar refractivity (Wildman–Crippen MR) is 97.5 cm³/mol. The lowest BCUT2D eigenvalue weighted by Gasteiger charge is -2.38. The van der Waals surface area contributed by atoms with E-state index in [-0.39, 0.29) is 36.3 Å². The van der Waals surface area contributed by atoms with E-state index in [0.29, 0.717) is 25.2 Å². The summed E-state index contributed by atoms with van der Waals surface area (Å²) in [7, 11) is 0. The van der Waals surface area contributed by atoms with Crippen molar-refractivity contribution in [1.29, 1.82) is 0 Å². The number of amides is 2. The third kappa shape index (κ3) is 3.29. The summed E-state index contributed by atoms with van der Waals surface area (Å²) in [5, 5.41) is 14.5. The van der Waals surface area contributed by atoms with Gasteiger partial charge in [0.1, 0.15) is 5.69 Å². The molecule has 6 nitrogen and oxygen atoms in total. The molecule has 0 radical (unpaired) electrons. The topological polar surface area (TPSA) is 82.5 Å². The van der Waals surface area contributed by atoms with E-state index in [2.05, 4.69) is 10.3 Å². The van der Waals surface area contributed by atoms with Crippen LogP contribution >= 0.6 is 0 Å². The van der Waals surface area contributed by atoms with Gasteiger partial charge in [-0.15, -0.1) is 0 Å². The maximum Gasteiger partial charge on any atom is 0.273 e.